The molecule has 0 spiro atoms. The lowest BCUT2D eigenvalue weighted by Crippen LogP contribution is -2.45. The lowest BCUT2D eigenvalue weighted by Gasteiger charge is -2.37. The normalized spacial score (nSPS) is 14.8. The molecule has 0 aromatic heterocycles. The fourth-order valence-electron chi connectivity index (χ4n) is 0.775. The summed E-state index contributed by atoms with van der Waals surface area (Å²) in [5.41, 5.74) is -0.416. The predicted molar refractivity (Wildman–Crippen MR) is 49.7 cm³/mol. The van der Waals surface area contributed by atoms with Gasteiger partial charge >= 0.3 is 0 Å². The first-order valence-electron chi connectivity index (χ1n) is 4.03. The molecule has 0 aliphatic rings. The van der Waals surface area contributed by atoms with Crippen LogP contribution in [0.3, 0.4) is 0 Å². The molecule has 0 amide bonds. The van der Waals surface area contributed by atoms with Gasteiger partial charge in [0.25, 0.3) is 10.1 Å². The summed E-state index contributed by atoms with van der Waals surface area (Å²) >= 11 is 0. The molecular formula is C8H18O3S. The van der Waals surface area contributed by atoms with Gasteiger partial charge < -0.3 is 0 Å². The molecule has 0 bridgehead atoms. The number of rotatable bonds is 3. The van der Waals surface area contributed by atoms with Crippen LogP contribution in [0.5, 0.6) is 0 Å². The standard InChI is InChI=1S/C8H18O3S/c1-6-7(2,3)8(4,5)12(9,10)11/h6H2,1-5H3,(H,9,10,11). The van der Waals surface area contributed by atoms with Gasteiger partial charge in [-0.3, -0.25) is 4.55 Å². The first kappa shape index (κ1) is 11.9. The zero-order chi connectivity index (χ0) is 10.2. The van der Waals surface area contributed by atoms with E-state index in [9.17, 15) is 8.42 Å². The van der Waals surface area contributed by atoms with E-state index >= 15 is 0 Å². The number of hydrogen-bond donors (Lipinski definition) is 1. The summed E-state index contributed by atoms with van der Waals surface area (Å²) in [6.07, 6.45) is 0.708. The van der Waals surface area contributed by atoms with Crippen molar-refractivity contribution in [3.05, 3.63) is 0 Å². The van der Waals surface area contributed by atoms with Gasteiger partial charge in [-0.15, -0.1) is 0 Å². The Morgan fingerprint density at radius 3 is 1.58 bits per heavy atom. The zero-order valence-electron chi connectivity index (χ0n) is 8.38. The molecule has 0 heterocycles. The highest BCUT2D eigenvalue weighted by atomic mass is 32.2. The van der Waals surface area contributed by atoms with Crippen LogP contribution in [0.25, 0.3) is 0 Å². The lowest BCUT2D eigenvalue weighted by molar-refractivity contribution is 0.244. The van der Waals surface area contributed by atoms with Crippen molar-refractivity contribution in [3.8, 4) is 0 Å². The van der Waals surface area contributed by atoms with Gasteiger partial charge in [0.15, 0.2) is 0 Å². The second kappa shape index (κ2) is 3.00. The van der Waals surface area contributed by atoms with Crippen LogP contribution in [0.1, 0.15) is 41.0 Å². The molecule has 74 valence electrons. The SMILES string of the molecule is CCC(C)(C)C(C)(C)S(=O)(=O)O. The van der Waals surface area contributed by atoms with Crippen molar-refractivity contribution < 1.29 is 13.0 Å². The van der Waals surface area contributed by atoms with Crippen molar-refractivity contribution in [1.82, 2.24) is 0 Å². The molecule has 0 aliphatic heterocycles. The third-order valence-corrected chi connectivity index (χ3v) is 5.00. The van der Waals surface area contributed by atoms with Crippen molar-refractivity contribution in [3.63, 3.8) is 0 Å². The molecule has 0 aromatic rings. The van der Waals surface area contributed by atoms with Gasteiger partial charge in [-0.25, -0.2) is 0 Å². The average molecular weight is 194 g/mol. The third-order valence-electron chi connectivity index (χ3n) is 3.16. The molecule has 0 aromatic carbocycles. The van der Waals surface area contributed by atoms with Crippen molar-refractivity contribution in [2.24, 2.45) is 5.41 Å². The van der Waals surface area contributed by atoms with Gasteiger partial charge in [0, 0.05) is 0 Å². The van der Waals surface area contributed by atoms with Crippen molar-refractivity contribution in [2.45, 2.75) is 45.8 Å². The monoisotopic (exact) mass is 194 g/mol. The minimum atomic E-state index is -3.97. The minimum absolute atomic E-state index is 0.416. The summed E-state index contributed by atoms with van der Waals surface area (Å²) in [6, 6.07) is 0. The summed E-state index contributed by atoms with van der Waals surface area (Å²) in [6.45, 7) is 8.67. The van der Waals surface area contributed by atoms with Crippen LogP contribution in [0.15, 0.2) is 0 Å². The summed E-state index contributed by atoms with van der Waals surface area (Å²) in [7, 11) is -3.97. The summed E-state index contributed by atoms with van der Waals surface area (Å²) in [4.78, 5) is 0. The topological polar surface area (TPSA) is 54.4 Å². The van der Waals surface area contributed by atoms with E-state index in [1.807, 2.05) is 20.8 Å². The van der Waals surface area contributed by atoms with E-state index in [1.165, 1.54) is 0 Å². The lowest BCUT2D eigenvalue weighted by atomic mass is 9.78. The van der Waals surface area contributed by atoms with Gasteiger partial charge in [-0.1, -0.05) is 20.8 Å². The van der Waals surface area contributed by atoms with Crippen LogP contribution in [-0.2, 0) is 10.1 Å². The Labute approximate surface area is 74.9 Å². The highest BCUT2D eigenvalue weighted by Gasteiger charge is 2.45. The van der Waals surface area contributed by atoms with Crippen LogP contribution >= 0.6 is 0 Å². The maximum atomic E-state index is 11.0. The average Bonchev–Trinajstić information content (AvgIpc) is 1.85. The molecule has 0 saturated carbocycles. The van der Waals surface area contributed by atoms with Gasteiger partial charge in [0.05, 0.1) is 4.75 Å². The van der Waals surface area contributed by atoms with Crippen LogP contribution in [0, 0.1) is 5.41 Å². The molecule has 0 radical (unpaired) electrons. The molecule has 0 rings (SSSR count). The van der Waals surface area contributed by atoms with Gasteiger partial charge in [0.1, 0.15) is 0 Å². The fourth-order valence-corrected chi connectivity index (χ4v) is 1.62. The Morgan fingerprint density at radius 2 is 1.50 bits per heavy atom. The summed E-state index contributed by atoms with van der Waals surface area (Å²) < 4.78 is 29.9. The Bertz CT molecular complexity index is 249. The molecule has 12 heavy (non-hydrogen) atoms. The van der Waals surface area contributed by atoms with Gasteiger partial charge in [-0.05, 0) is 25.7 Å². The predicted octanol–water partition coefficient (Wildman–Crippen LogP) is 2.09. The van der Waals surface area contributed by atoms with Crippen molar-refractivity contribution >= 4 is 10.1 Å². The van der Waals surface area contributed by atoms with Crippen molar-refractivity contribution in [2.75, 3.05) is 0 Å². The molecule has 0 unspecified atom stereocenters. The molecule has 1 N–H and O–H groups in total. The highest BCUT2D eigenvalue weighted by molar-refractivity contribution is 7.87. The van der Waals surface area contributed by atoms with E-state index in [4.69, 9.17) is 4.55 Å². The molecule has 0 saturated heterocycles. The molecule has 0 fully saturated rings. The van der Waals surface area contributed by atoms with Gasteiger partial charge in [-0.2, -0.15) is 8.42 Å². The molecule has 0 atom stereocenters. The molecule has 3 nitrogen and oxygen atoms in total. The van der Waals surface area contributed by atoms with E-state index < -0.39 is 20.3 Å². The van der Waals surface area contributed by atoms with E-state index in [2.05, 4.69) is 0 Å². The molecule has 4 heteroatoms. The van der Waals surface area contributed by atoms with Crippen LogP contribution in [0.2, 0.25) is 0 Å². The summed E-state index contributed by atoms with van der Waals surface area (Å²) in [5, 5.41) is 0. The summed E-state index contributed by atoms with van der Waals surface area (Å²) in [5.74, 6) is 0. The first-order chi connectivity index (χ1) is 5.06. The quantitative estimate of drug-likeness (QED) is 0.700. The van der Waals surface area contributed by atoms with Crippen LogP contribution in [-0.4, -0.2) is 17.7 Å². The van der Waals surface area contributed by atoms with Crippen LogP contribution in [0.4, 0.5) is 0 Å². The van der Waals surface area contributed by atoms with E-state index in [1.54, 1.807) is 13.8 Å². The van der Waals surface area contributed by atoms with E-state index in [-0.39, 0.29) is 0 Å². The Balaban J connectivity index is 5.13. The second-order valence-electron chi connectivity index (χ2n) is 4.22. The zero-order valence-corrected chi connectivity index (χ0v) is 9.20. The van der Waals surface area contributed by atoms with E-state index in [0.717, 1.165) is 0 Å². The third kappa shape index (κ3) is 1.80. The minimum Gasteiger partial charge on any atom is -0.285 e. The Hall–Kier alpha value is -0.0900. The Morgan fingerprint density at radius 1 is 1.17 bits per heavy atom. The largest absolute Gasteiger partial charge is 0.285 e. The van der Waals surface area contributed by atoms with Crippen LogP contribution < -0.4 is 0 Å². The Kier molecular flexibility index (Phi) is 2.97. The molecule has 0 aliphatic carbocycles. The first-order valence-corrected chi connectivity index (χ1v) is 5.47. The second-order valence-corrected chi connectivity index (χ2v) is 6.19. The molecular weight excluding hydrogens is 176 g/mol. The van der Waals surface area contributed by atoms with Crippen molar-refractivity contribution in [1.29, 1.82) is 0 Å². The maximum Gasteiger partial charge on any atom is 0.270 e. The van der Waals surface area contributed by atoms with E-state index in [0.29, 0.717) is 6.42 Å². The van der Waals surface area contributed by atoms with Gasteiger partial charge in [0.2, 0.25) is 0 Å². The number of hydrogen-bond acceptors (Lipinski definition) is 2. The fraction of sp³-hybridized carbons (Fsp3) is 1.00. The highest BCUT2D eigenvalue weighted by Crippen LogP contribution is 2.39. The maximum absolute atomic E-state index is 11.0. The smallest absolute Gasteiger partial charge is 0.270 e.